The van der Waals surface area contributed by atoms with Crippen molar-refractivity contribution in [2.75, 3.05) is 39.6 Å². The van der Waals surface area contributed by atoms with Crippen LogP contribution in [0.4, 0.5) is 0 Å². The van der Waals surface area contributed by atoms with E-state index in [1.54, 1.807) is 6.92 Å². The quantitative estimate of drug-likeness (QED) is 0.0344. The first-order valence-electron chi connectivity index (χ1n) is 30.4. The standard InChI is InChI=1S/C56H90O33/c1-19-11-55-9-5-26-53(2,7-4-8-54(26,3)52(77)88-50-44(38(73)32(67)24(16-61)82-50)86-49-43(37(72)31(66)23(15-60)81-49)85-47-40(75)35(70)29(64)21(13-58)79-47)27(55)6-10-56(19,18-55)89-51-45(87-48-41(76)36(71)30(65)22(14-59)80-48)42(33(68)25(17-62)83-51)84-46-39(74)34(69)28(63)20(12-57)78-46/h20-51,57-76H,1,4-18H2,2-3H3/t20?,21?,22?,23?,24?,25?,26?,27-,28?,29?,30?,31?,32?,33?,34?,35?,36?,37?,38?,39?,40?,41?,42?,43?,44?,45?,46?,47?,48?,49?,50?,51?,53+,54+,55+,56?/m0/s1. The summed E-state index contributed by atoms with van der Waals surface area (Å²) in [7, 11) is 0. The highest BCUT2D eigenvalue weighted by Gasteiger charge is 2.70. The van der Waals surface area contributed by atoms with Crippen molar-refractivity contribution in [2.24, 2.45) is 28.1 Å². The molecular weight excluding hydrogens is 1200 g/mol. The molecule has 33 nitrogen and oxygen atoms in total. The van der Waals surface area contributed by atoms with Gasteiger partial charge in [-0.15, -0.1) is 0 Å². The molecule has 6 heterocycles. The topological polar surface area (TPSA) is 532 Å². The lowest BCUT2D eigenvalue weighted by atomic mass is 9.41. The number of carbonyl (C=O) groups is 1. The van der Waals surface area contributed by atoms with Crippen molar-refractivity contribution in [3.63, 3.8) is 0 Å². The highest BCUT2D eigenvalue weighted by molar-refractivity contribution is 5.77. The predicted octanol–water partition coefficient (Wildman–Crippen LogP) is -9.47. The Labute approximate surface area is 509 Å². The first-order valence-corrected chi connectivity index (χ1v) is 30.4. The van der Waals surface area contributed by atoms with Crippen LogP contribution >= 0.6 is 0 Å². The van der Waals surface area contributed by atoms with Gasteiger partial charge in [-0.25, -0.2) is 0 Å². The summed E-state index contributed by atoms with van der Waals surface area (Å²) in [5, 5.41) is 215. The summed E-state index contributed by atoms with van der Waals surface area (Å²) in [4.78, 5) is 15.2. The maximum atomic E-state index is 15.2. The van der Waals surface area contributed by atoms with Crippen LogP contribution in [0, 0.1) is 28.1 Å². The van der Waals surface area contributed by atoms with Gasteiger partial charge in [-0.3, -0.25) is 4.79 Å². The summed E-state index contributed by atoms with van der Waals surface area (Å²) in [5.74, 6) is -1.37. The Hall–Kier alpha value is -2.03. The Bertz CT molecular complexity index is 2400. The van der Waals surface area contributed by atoms with Gasteiger partial charge in [-0.2, -0.15) is 0 Å². The van der Waals surface area contributed by atoms with Gasteiger partial charge >= 0.3 is 5.97 Å². The number of hydrogen-bond donors (Lipinski definition) is 20. The van der Waals surface area contributed by atoms with Crippen LogP contribution < -0.4 is 0 Å². The minimum Gasteiger partial charge on any atom is -0.432 e. The second-order valence-electron chi connectivity index (χ2n) is 26.4. The summed E-state index contributed by atoms with van der Waals surface area (Å²) in [6.07, 6.45) is -51.6. The second kappa shape index (κ2) is 27.2. The van der Waals surface area contributed by atoms with Crippen molar-refractivity contribution in [1.82, 2.24) is 0 Å². The van der Waals surface area contributed by atoms with Crippen LogP contribution in [0.5, 0.6) is 0 Å². The number of aliphatic hydroxyl groups is 20. The van der Waals surface area contributed by atoms with Crippen molar-refractivity contribution < 1.29 is 164 Å². The van der Waals surface area contributed by atoms with Gasteiger partial charge in [0, 0.05) is 0 Å². The number of ether oxygens (including phenoxy) is 12. The predicted molar refractivity (Wildman–Crippen MR) is 284 cm³/mol. The molecule has 0 aromatic rings. The van der Waals surface area contributed by atoms with Gasteiger partial charge in [0.1, 0.15) is 140 Å². The molecule has 10 fully saturated rings. The van der Waals surface area contributed by atoms with E-state index >= 15 is 4.79 Å². The van der Waals surface area contributed by atoms with Gasteiger partial charge in [0.25, 0.3) is 0 Å². The first-order chi connectivity index (χ1) is 42.1. The zero-order valence-electron chi connectivity index (χ0n) is 49.0. The van der Waals surface area contributed by atoms with Gasteiger partial charge in [0.05, 0.1) is 50.7 Å². The second-order valence-corrected chi connectivity index (χ2v) is 26.4. The fourth-order valence-electron chi connectivity index (χ4n) is 16.4. The lowest BCUT2D eigenvalue weighted by Gasteiger charge is -2.64. The van der Waals surface area contributed by atoms with Crippen molar-refractivity contribution in [1.29, 1.82) is 0 Å². The number of fused-ring (bicyclic) bond motifs is 3. The number of esters is 1. The van der Waals surface area contributed by atoms with Crippen LogP contribution in [-0.4, -0.2) is 338 Å². The average molecular weight is 1290 g/mol. The van der Waals surface area contributed by atoms with E-state index in [0.29, 0.717) is 56.9 Å². The van der Waals surface area contributed by atoms with Crippen molar-refractivity contribution in [3.8, 4) is 0 Å². The number of rotatable bonds is 18. The normalized spacial score (nSPS) is 54.5. The average Bonchev–Trinajstić information content (AvgIpc) is 1.64. The monoisotopic (exact) mass is 1290 g/mol. The highest BCUT2D eigenvalue weighted by Crippen LogP contribution is 2.74. The fraction of sp³-hybridized carbons (Fsp3) is 0.946. The van der Waals surface area contributed by atoms with Crippen LogP contribution in [0.2, 0.25) is 0 Å². The van der Waals surface area contributed by atoms with E-state index in [-0.39, 0.29) is 12.3 Å². The minimum atomic E-state index is -2.06. The smallest absolute Gasteiger partial charge is 0.314 e. The molecule has 36 atom stereocenters. The molecule has 0 aromatic carbocycles. The van der Waals surface area contributed by atoms with E-state index < -0.39 is 258 Å². The lowest BCUT2D eigenvalue weighted by Crippen LogP contribution is -2.68. The molecule has 0 amide bonds. The molecular formula is C56H90O33. The number of hydrogen-bond acceptors (Lipinski definition) is 33. The summed E-state index contributed by atoms with van der Waals surface area (Å²) in [6, 6.07) is 0. The van der Waals surface area contributed by atoms with E-state index in [9.17, 15) is 102 Å². The maximum Gasteiger partial charge on any atom is 0.314 e. The molecule has 4 saturated carbocycles. The van der Waals surface area contributed by atoms with Crippen LogP contribution in [0.25, 0.3) is 0 Å². The Kier molecular flexibility index (Phi) is 21.4. The molecule has 1 spiro atoms. The van der Waals surface area contributed by atoms with E-state index in [1.165, 1.54) is 0 Å². The van der Waals surface area contributed by atoms with E-state index in [1.807, 2.05) is 0 Å². The molecule has 512 valence electrons. The van der Waals surface area contributed by atoms with Crippen LogP contribution in [-0.2, 0) is 61.6 Å². The summed E-state index contributed by atoms with van der Waals surface area (Å²) >= 11 is 0. The van der Waals surface area contributed by atoms with Gasteiger partial charge in [0.15, 0.2) is 37.6 Å². The molecule has 32 unspecified atom stereocenters. The Morgan fingerprint density at radius 1 is 0.427 bits per heavy atom. The lowest BCUT2D eigenvalue weighted by molar-refractivity contribution is -0.400. The molecule has 10 aliphatic rings. The van der Waals surface area contributed by atoms with E-state index in [2.05, 4.69) is 13.5 Å². The third kappa shape index (κ3) is 12.3. The Balaban J connectivity index is 0.897. The number of aliphatic hydroxyl groups excluding tert-OH is 20. The van der Waals surface area contributed by atoms with Crippen LogP contribution in [0.3, 0.4) is 0 Å². The van der Waals surface area contributed by atoms with E-state index in [0.717, 1.165) is 0 Å². The van der Waals surface area contributed by atoms with Crippen molar-refractivity contribution in [3.05, 3.63) is 12.2 Å². The van der Waals surface area contributed by atoms with Gasteiger partial charge in [-0.05, 0) is 86.5 Å². The molecule has 0 aromatic heterocycles. The molecule has 6 saturated heterocycles. The zero-order chi connectivity index (χ0) is 64.7. The minimum absolute atomic E-state index is 0.136. The third-order valence-electron chi connectivity index (χ3n) is 21.3. The molecule has 89 heavy (non-hydrogen) atoms. The number of carbonyl (C=O) groups excluding carboxylic acids is 1. The highest BCUT2D eigenvalue weighted by atomic mass is 16.8. The molecule has 0 radical (unpaired) electrons. The van der Waals surface area contributed by atoms with Gasteiger partial charge < -0.3 is 159 Å². The fourth-order valence-corrected chi connectivity index (χ4v) is 16.4. The Morgan fingerprint density at radius 2 is 0.809 bits per heavy atom. The molecule has 2 bridgehead atoms. The maximum absolute atomic E-state index is 15.2. The summed E-state index contributed by atoms with van der Waals surface area (Å²) < 4.78 is 72.5. The molecule has 4 aliphatic carbocycles. The van der Waals surface area contributed by atoms with E-state index in [4.69, 9.17) is 56.8 Å². The molecule has 20 N–H and O–H groups in total. The molecule has 33 heteroatoms. The van der Waals surface area contributed by atoms with Gasteiger partial charge in [-0.1, -0.05) is 19.9 Å². The summed E-state index contributed by atoms with van der Waals surface area (Å²) in [6.45, 7) is 3.10. The van der Waals surface area contributed by atoms with Gasteiger partial charge in [0.2, 0.25) is 6.29 Å². The Morgan fingerprint density at radius 3 is 1.29 bits per heavy atom. The largest absolute Gasteiger partial charge is 0.432 e. The van der Waals surface area contributed by atoms with Crippen molar-refractivity contribution in [2.45, 2.75) is 261 Å². The molecule has 10 rings (SSSR count). The van der Waals surface area contributed by atoms with Crippen LogP contribution in [0.15, 0.2) is 12.2 Å². The first kappa shape index (κ1) is 69.8. The SMILES string of the molecule is C=C1C[C@@]23CCC4[C@](C)(C(=O)OC5OC(CO)C(O)C(O)C5OC5OC(CO)C(O)C(O)C5OC5OC(CO)C(O)C(O)C5O)CCC[C@@]4(C)[C@@H]2CCC1(OC1OC(CO)C(O)C(OC2OC(CO)C(O)C(O)C2O)C1OC1OC(CO)C(O)C(O)C1O)C3. The third-order valence-corrected chi connectivity index (χ3v) is 21.3. The van der Waals surface area contributed by atoms with Crippen LogP contribution in [0.1, 0.15) is 71.6 Å². The van der Waals surface area contributed by atoms with Crippen molar-refractivity contribution >= 4 is 5.97 Å². The molecule has 6 aliphatic heterocycles. The zero-order valence-corrected chi connectivity index (χ0v) is 49.0. The summed E-state index contributed by atoms with van der Waals surface area (Å²) in [5.41, 5.74) is -3.14.